The summed E-state index contributed by atoms with van der Waals surface area (Å²) < 4.78 is 95.5. The molecule has 0 aliphatic rings. The Labute approximate surface area is 261 Å². The molecule has 1 aromatic heterocycles. The first-order chi connectivity index (χ1) is 21.5. The number of benzene rings is 2. The summed E-state index contributed by atoms with van der Waals surface area (Å²) in [4.78, 5) is 52.8. The number of amides is 1. The van der Waals surface area contributed by atoms with Crippen molar-refractivity contribution in [2.45, 2.75) is 44.5 Å². The third-order valence-corrected chi connectivity index (χ3v) is 7.55. The monoisotopic (exact) mass is 673 g/mol. The molecule has 0 saturated heterocycles. The summed E-state index contributed by atoms with van der Waals surface area (Å²) in [7, 11) is 1.12. The minimum Gasteiger partial charge on any atom is -0.481 e. The van der Waals surface area contributed by atoms with E-state index < -0.39 is 87.1 Å². The Morgan fingerprint density at radius 3 is 1.85 bits per heavy atom. The highest BCUT2D eigenvalue weighted by Gasteiger charge is 2.43. The summed E-state index contributed by atoms with van der Waals surface area (Å²) in [6.45, 7) is 2.41. The van der Waals surface area contributed by atoms with Gasteiger partial charge in [0.15, 0.2) is 5.92 Å². The molecule has 1 atom stereocenters. The quantitative estimate of drug-likeness (QED) is 0.110. The molecule has 1 unspecified atom stereocenters. The van der Waals surface area contributed by atoms with E-state index in [1.165, 1.54) is 13.0 Å². The molecule has 0 spiro atoms. The fraction of sp³-hybridized carbons (Fsp3) is 0.333. The zero-order chi connectivity index (χ0) is 35.8. The molecule has 0 aliphatic heterocycles. The summed E-state index contributed by atoms with van der Waals surface area (Å²) in [6, 6.07) is 5.10. The van der Waals surface area contributed by atoms with Gasteiger partial charge in [-0.1, -0.05) is 6.07 Å². The number of carboxylic acid groups (broad SMARTS) is 2. The second-order valence-corrected chi connectivity index (χ2v) is 11.1. The lowest BCUT2D eigenvalue weighted by Gasteiger charge is -2.32. The number of nitro groups is 1. The maximum Gasteiger partial charge on any atom is 0.416 e. The van der Waals surface area contributed by atoms with E-state index in [0.29, 0.717) is 12.1 Å². The number of aliphatic carboxylic acids is 2. The van der Waals surface area contributed by atoms with Gasteiger partial charge in [-0.2, -0.15) is 26.3 Å². The smallest absolute Gasteiger partial charge is 0.416 e. The van der Waals surface area contributed by atoms with Crippen molar-refractivity contribution >= 4 is 23.5 Å². The second kappa shape index (κ2) is 13.0. The number of carbonyl (C=O) groups is 3. The van der Waals surface area contributed by atoms with E-state index in [1.807, 2.05) is 0 Å². The van der Waals surface area contributed by atoms with Crippen molar-refractivity contribution < 1.29 is 60.3 Å². The maximum atomic E-state index is 14.0. The molecule has 2 aromatic carbocycles. The normalized spacial score (nSPS) is 12.9. The van der Waals surface area contributed by atoms with Crippen LogP contribution in [0.3, 0.4) is 0 Å². The Morgan fingerprint density at radius 2 is 1.40 bits per heavy atom. The Morgan fingerprint density at radius 1 is 0.894 bits per heavy atom. The van der Waals surface area contributed by atoms with Crippen LogP contribution in [0.5, 0.6) is 0 Å². The van der Waals surface area contributed by atoms with Crippen LogP contribution in [0, 0.1) is 28.8 Å². The van der Waals surface area contributed by atoms with Crippen LogP contribution in [0.2, 0.25) is 0 Å². The van der Waals surface area contributed by atoms with Crippen LogP contribution in [0.1, 0.15) is 47.7 Å². The minimum absolute atomic E-state index is 0.0537. The molecule has 47 heavy (non-hydrogen) atoms. The summed E-state index contributed by atoms with van der Waals surface area (Å²) in [5.74, 6) is -9.76. The summed E-state index contributed by atoms with van der Waals surface area (Å²) >= 11 is 0. The predicted octanol–water partition coefficient (Wildman–Crippen LogP) is 6.32. The first-order valence-electron chi connectivity index (χ1n) is 13.4. The molecular formula is C30H26F7N3O7. The Bertz CT molecular complexity index is 1690. The van der Waals surface area contributed by atoms with Gasteiger partial charge in [-0.15, -0.1) is 0 Å². The number of halogens is 7. The standard InChI is InChI=1S/C30H26F7N3O7/c1-14-7-18(31)5-6-19(14)20-11-22(21(13-40(46)47)24(25(41)42)26(43)44)38-12-23(20)39(4)27(45)28(2,3)15-8-16(29(32,33)34)10-17(9-15)30(35,36)37/h5-12,21,24H,13H2,1-4H3,(H,41,42)(H,43,44). The van der Waals surface area contributed by atoms with Crippen molar-refractivity contribution in [1.29, 1.82) is 0 Å². The van der Waals surface area contributed by atoms with Crippen molar-refractivity contribution in [2.24, 2.45) is 5.92 Å². The number of aromatic nitrogens is 1. The molecule has 0 aliphatic carbocycles. The van der Waals surface area contributed by atoms with E-state index in [0.717, 1.165) is 50.2 Å². The lowest BCUT2D eigenvalue weighted by Crippen LogP contribution is -2.42. The van der Waals surface area contributed by atoms with Gasteiger partial charge in [0, 0.05) is 17.5 Å². The van der Waals surface area contributed by atoms with Crippen LogP contribution in [0.15, 0.2) is 48.7 Å². The number of carboxylic acids is 2. The number of hydrogen-bond acceptors (Lipinski definition) is 6. The van der Waals surface area contributed by atoms with Gasteiger partial charge in [-0.25, -0.2) is 4.39 Å². The van der Waals surface area contributed by atoms with E-state index in [-0.39, 0.29) is 28.4 Å². The van der Waals surface area contributed by atoms with Crippen LogP contribution >= 0.6 is 0 Å². The lowest BCUT2D eigenvalue weighted by atomic mass is 9.81. The number of aryl methyl sites for hydroxylation is 1. The average Bonchev–Trinajstić information content (AvgIpc) is 2.94. The molecule has 17 heteroatoms. The second-order valence-electron chi connectivity index (χ2n) is 11.1. The van der Waals surface area contributed by atoms with Crippen LogP contribution in [-0.2, 0) is 32.2 Å². The zero-order valence-electron chi connectivity index (χ0n) is 24.9. The van der Waals surface area contributed by atoms with Crippen molar-refractivity contribution in [2.75, 3.05) is 18.5 Å². The third-order valence-electron chi connectivity index (χ3n) is 7.55. The van der Waals surface area contributed by atoms with E-state index in [1.54, 1.807) is 0 Å². The van der Waals surface area contributed by atoms with Crippen LogP contribution < -0.4 is 4.90 Å². The van der Waals surface area contributed by atoms with Gasteiger partial charge in [-0.05, 0) is 73.9 Å². The Balaban J connectivity index is 2.28. The highest BCUT2D eigenvalue weighted by Crippen LogP contribution is 2.41. The molecule has 1 heterocycles. The molecule has 1 amide bonds. The lowest BCUT2D eigenvalue weighted by molar-refractivity contribution is -0.484. The number of pyridine rings is 1. The van der Waals surface area contributed by atoms with Crippen LogP contribution in [0.25, 0.3) is 11.1 Å². The van der Waals surface area contributed by atoms with Crippen LogP contribution in [0.4, 0.5) is 36.4 Å². The summed E-state index contributed by atoms with van der Waals surface area (Å²) in [5, 5.41) is 30.5. The van der Waals surface area contributed by atoms with Crippen LogP contribution in [-0.4, -0.2) is 51.6 Å². The van der Waals surface area contributed by atoms with Gasteiger partial charge >= 0.3 is 24.3 Å². The fourth-order valence-electron chi connectivity index (χ4n) is 5.03. The molecule has 252 valence electrons. The van der Waals surface area contributed by atoms with E-state index in [2.05, 4.69) is 4.98 Å². The van der Waals surface area contributed by atoms with E-state index in [9.17, 15) is 65.4 Å². The molecule has 0 radical (unpaired) electrons. The topological polar surface area (TPSA) is 151 Å². The van der Waals surface area contributed by atoms with Gasteiger partial charge in [0.2, 0.25) is 12.5 Å². The Hall–Kier alpha value is -5.09. The van der Waals surface area contributed by atoms with Crippen molar-refractivity contribution in [3.63, 3.8) is 0 Å². The third kappa shape index (κ3) is 7.84. The first-order valence-corrected chi connectivity index (χ1v) is 13.4. The molecule has 0 fully saturated rings. The van der Waals surface area contributed by atoms with Crippen molar-refractivity contribution in [3.8, 4) is 11.1 Å². The predicted molar refractivity (Wildman–Crippen MR) is 151 cm³/mol. The van der Waals surface area contributed by atoms with Gasteiger partial charge < -0.3 is 15.1 Å². The molecule has 3 aromatic rings. The number of hydrogen-bond donors (Lipinski definition) is 2. The summed E-state index contributed by atoms with van der Waals surface area (Å²) in [6.07, 6.45) is -9.47. The summed E-state index contributed by atoms with van der Waals surface area (Å²) in [5.41, 5.74) is -6.27. The number of rotatable bonds is 10. The largest absolute Gasteiger partial charge is 0.481 e. The van der Waals surface area contributed by atoms with Crippen molar-refractivity contribution in [3.05, 3.63) is 92.5 Å². The minimum atomic E-state index is -5.20. The highest BCUT2D eigenvalue weighted by atomic mass is 19.4. The average molecular weight is 674 g/mol. The Kier molecular flexibility index (Phi) is 10.0. The van der Waals surface area contributed by atoms with Gasteiger partial charge in [-0.3, -0.25) is 29.5 Å². The number of likely N-dealkylation sites (N-methyl/N-ethyl adjacent to an activating group) is 1. The SMILES string of the molecule is Cc1cc(F)ccc1-c1cc(C(C[N+](=O)[O-])C(C(=O)O)C(=O)O)ncc1N(C)C(=O)C(C)(C)c1cc(C(F)(F)F)cc(C(F)(F)F)c1. The van der Waals surface area contributed by atoms with E-state index >= 15 is 0 Å². The van der Waals surface area contributed by atoms with Crippen molar-refractivity contribution in [1.82, 2.24) is 4.98 Å². The first kappa shape index (κ1) is 36.4. The maximum absolute atomic E-state index is 14.0. The highest BCUT2D eigenvalue weighted by molar-refractivity contribution is 6.03. The number of anilines is 1. The molecule has 0 bridgehead atoms. The number of carbonyl (C=O) groups excluding carboxylic acids is 1. The number of alkyl halides is 6. The zero-order valence-corrected chi connectivity index (χ0v) is 24.9. The van der Waals surface area contributed by atoms with Gasteiger partial charge in [0.05, 0.1) is 40.0 Å². The molecule has 2 N–H and O–H groups in total. The number of nitrogens with zero attached hydrogens (tertiary/aromatic N) is 3. The molecule has 0 saturated carbocycles. The van der Waals surface area contributed by atoms with E-state index in [4.69, 9.17) is 0 Å². The molecular weight excluding hydrogens is 647 g/mol. The molecule has 10 nitrogen and oxygen atoms in total. The molecule has 3 rings (SSSR count). The van der Waals surface area contributed by atoms with Gasteiger partial charge in [0.1, 0.15) is 5.82 Å². The van der Waals surface area contributed by atoms with Gasteiger partial charge in [0.25, 0.3) is 0 Å². The fourth-order valence-corrected chi connectivity index (χ4v) is 5.03.